The molecule has 0 radical (unpaired) electrons. The van der Waals surface area contributed by atoms with E-state index in [0.717, 1.165) is 12.8 Å². The lowest BCUT2D eigenvalue weighted by Crippen LogP contribution is -2.31. The van der Waals surface area contributed by atoms with Crippen LogP contribution in [0.1, 0.15) is 77.6 Å². The Labute approximate surface area is 111 Å². The minimum atomic E-state index is 0.287. The summed E-state index contributed by atoms with van der Waals surface area (Å²) in [6, 6.07) is 0. The van der Waals surface area contributed by atoms with Gasteiger partial charge in [-0.1, -0.05) is 32.6 Å². The van der Waals surface area contributed by atoms with Crippen LogP contribution < -0.4 is 0 Å². The smallest absolute Gasteiger partial charge is 0.0687 e. The lowest BCUT2D eigenvalue weighted by molar-refractivity contribution is -0.0660. The van der Waals surface area contributed by atoms with Crippen molar-refractivity contribution in [1.29, 1.82) is 0 Å². The van der Waals surface area contributed by atoms with Crippen molar-refractivity contribution in [3.63, 3.8) is 0 Å². The van der Waals surface area contributed by atoms with Gasteiger partial charge in [0.25, 0.3) is 0 Å². The molecule has 2 atom stereocenters. The van der Waals surface area contributed by atoms with Gasteiger partial charge in [0.15, 0.2) is 0 Å². The highest BCUT2D eigenvalue weighted by atomic mass is 35.5. The van der Waals surface area contributed by atoms with Crippen LogP contribution >= 0.6 is 11.6 Å². The Kier molecular flexibility index (Phi) is 5.17. The number of alkyl halides is 1. The molecule has 0 bridgehead atoms. The molecule has 1 saturated carbocycles. The van der Waals surface area contributed by atoms with Crippen molar-refractivity contribution in [2.24, 2.45) is 0 Å². The molecule has 2 unspecified atom stereocenters. The normalized spacial score (nSPS) is 29.6. The zero-order chi connectivity index (χ0) is 12.1. The molecule has 1 aliphatic carbocycles. The molecule has 17 heavy (non-hydrogen) atoms. The Bertz CT molecular complexity index is 223. The van der Waals surface area contributed by atoms with Gasteiger partial charge in [-0.3, -0.25) is 0 Å². The molecule has 1 heterocycles. The van der Waals surface area contributed by atoms with Gasteiger partial charge in [-0.15, -0.1) is 11.6 Å². The van der Waals surface area contributed by atoms with Crippen LogP contribution in [0.5, 0.6) is 0 Å². The summed E-state index contributed by atoms with van der Waals surface area (Å²) in [5.41, 5.74) is 0.287. The highest BCUT2D eigenvalue weighted by Gasteiger charge is 2.40. The molecule has 0 aromatic carbocycles. The SMILES string of the molecule is CCCC(Cl)CCC1CCC2(CCCCC2)O1. The fraction of sp³-hybridized carbons (Fsp3) is 1.00. The first-order valence-electron chi connectivity index (χ1n) is 7.56. The molecule has 1 aliphatic heterocycles. The van der Waals surface area contributed by atoms with E-state index in [2.05, 4.69) is 6.92 Å². The molecule has 1 spiro atoms. The van der Waals surface area contributed by atoms with Crippen LogP contribution in [0.15, 0.2) is 0 Å². The number of ether oxygens (including phenoxy) is 1. The third-order valence-corrected chi connectivity index (χ3v) is 4.94. The summed E-state index contributed by atoms with van der Waals surface area (Å²) in [6.45, 7) is 2.21. The molecule has 2 fully saturated rings. The topological polar surface area (TPSA) is 9.23 Å². The monoisotopic (exact) mass is 258 g/mol. The van der Waals surface area contributed by atoms with Crippen molar-refractivity contribution in [3.8, 4) is 0 Å². The Morgan fingerprint density at radius 2 is 1.94 bits per heavy atom. The number of rotatable bonds is 5. The molecule has 0 amide bonds. The second-order valence-electron chi connectivity index (χ2n) is 5.99. The molecular formula is C15H27ClO. The van der Waals surface area contributed by atoms with Gasteiger partial charge in [0.2, 0.25) is 0 Å². The van der Waals surface area contributed by atoms with E-state index in [1.807, 2.05) is 0 Å². The van der Waals surface area contributed by atoms with Gasteiger partial charge in [-0.2, -0.15) is 0 Å². The van der Waals surface area contributed by atoms with Gasteiger partial charge in [-0.05, 0) is 44.9 Å². The van der Waals surface area contributed by atoms with Crippen LogP contribution in [0.2, 0.25) is 0 Å². The summed E-state index contributed by atoms with van der Waals surface area (Å²) < 4.78 is 6.36. The lowest BCUT2D eigenvalue weighted by atomic mass is 9.83. The predicted octanol–water partition coefficient (Wildman–Crippen LogP) is 5.06. The fourth-order valence-corrected chi connectivity index (χ4v) is 3.83. The summed E-state index contributed by atoms with van der Waals surface area (Å²) >= 11 is 6.28. The Balaban J connectivity index is 1.70. The zero-order valence-corrected chi connectivity index (χ0v) is 12.0. The van der Waals surface area contributed by atoms with E-state index in [4.69, 9.17) is 16.3 Å². The van der Waals surface area contributed by atoms with Crippen molar-refractivity contribution in [1.82, 2.24) is 0 Å². The van der Waals surface area contributed by atoms with E-state index in [1.54, 1.807) is 0 Å². The highest BCUT2D eigenvalue weighted by molar-refractivity contribution is 6.20. The molecule has 0 aromatic heterocycles. The maximum absolute atomic E-state index is 6.36. The lowest BCUT2D eigenvalue weighted by Gasteiger charge is -2.33. The van der Waals surface area contributed by atoms with E-state index in [-0.39, 0.29) is 5.60 Å². The van der Waals surface area contributed by atoms with Crippen molar-refractivity contribution >= 4 is 11.6 Å². The first kappa shape index (κ1) is 13.7. The van der Waals surface area contributed by atoms with Crippen LogP contribution in [-0.4, -0.2) is 17.1 Å². The average Bonchev–Trinajstić information content (AvgIpc) is 2.71. The highest BCUT2D eigenvalue weighted by Crippen LogP contribution is 2.43. The van der Waals surface area contributed by atoms with Crippen LogP contribution in [0.3, 0.4) is 0 Å². The van der Waals surface area contributed by atoms with E-state index < -0.39 is 0 Å². The second-order valence-corrected chi connectivity index (χ2v) is 6.60. The summed E-state index contributed by atoms with van der Waals surface area (Å²) in [4.78, 5) is 0. The molecule has 0 aromatic rings. The van der Waals surface area contributed by atoms with Crippen LogP contribution in [0.25, 0.3) is 0 Å². The van der Waals surface area contributed by atoms with Crippen molar-refractivity contribution in [3.05, 3.63) is 0 Å². The Morgan fingerprint density at radius 3 is 2.65 bits per heavy atom. The summed E-state index contributed by atoms with van der Waals surface area (Å²) in [7, 11) is 0. The molecule has 1 nitrogen and oxygen atoms in total. The van der Waals surface area contributed by atoms with E-state index in [0.29, 0.717) is 11.5 Å². The maximum Gasteiger partial charge on any atom is 0.0687 e. The van der Waals surface area contributed by atoms with Gasteiger partial charge in [-0.25, -0.2) is 0 Å². The third-order valence-electron chi connectivity index (χ3n) is 4.51. The van der Waals surface area contributed by atoms with Gasteiger partial charge in [0, 0.05) is 5.38 Å². The fourth-order valence-electron chi connectivity index (χ4n) is 3.49. The third kappa shape index (κ3) is 3.86. The van der Waals surface area contributed by atoms with Crippen LogP contribution in [-0.2, 0) is 4.74 Å². The van der Waals surface area contributed by atoms with E-state index in [1.165, 1.54) is 57.8 Å². The number of hydrogen-bond acceptors (Lipinski definition) is 1. The van der Waals surface area contributed by atoms with E-state index >= 15 is 0 Å². The number of hydrogen-bond donors (Lipinski definition) is 0. The minimum absolute atomic E-state index is 0.287. The molecule has 2 heteroatoms. The predicted molar refractivity (Wildman–Crippen MR) is 73.7 cm³/mol. The first-order chi connectivity index (χ1) is 8.24. The molecule has 1 saturated heterocycles. The zero-order valence-electron chi connectivity index (χ0n) is 11.2. The molecule has 2 aliphatic rings. The Hall–Kier alpha value is 0.250. The molecule has 0 N–H and O–H groups in total. The quantitative estimate of drug-likeness (QED) is 0.627. The van der Waals surface area contributed by atoms with Crippen molar-refractivity contribution in [2.75, 3.05) is 0 Å². The van der Waals surface area contributed by atoms with Gasteiger partial charge in [0.05, 0.1) is 11.7 Å². The van der Waals surface area contributed by atoms with Crippen LogP contribution in [0, 0.1) is 0 Å². The minimum Gasteiger partial charge on any atom is -0.372 e. The van der Waals surface area contributed by atoms with Gasteiger partial charge >= 0.3 is 0 Å². The summed E-state index contributed by atoms with van der Waals surface area (Å²) in [5.74, 6) is 0. The maximum atomic E-state index is 6.36. The molecular weight excluding hydrogens is 232 g/mol. The molecule has 2 rings (SSSR count). The first-order valence-corrected chi connectivity index (χ1v) is 8.00. The van der Waals surface area contributed by atoms with Gasteiger partial charge < -0.3 is 4.74 Å². The average molecular weight is 259 g/mol. The second kappa shape index (κ2) is 6.43. The van der Waals surface area contributed by atoms with Crippen molar-refractivity contribution in [2.45, 2.75) is 94.6 Å². The Morgan fingerprint density at radius 1 is 1.18 bits per heavy atom. The number of halogens is 1. The van der Waals surface area contributed by atoms with Crippen LogP contribution in [0.4, 0.5) is 0 Å². The standard InChI is InChI=1S/C15H27ClO/c1-2-6-13(16)7-8-14-9-12-15(17-14)10-4-3-5-11-15/h13-14H,2-12H2,1H3. The van der Waals surface area contributed by atoms with Crippen molar-refractivity contribution < 1.29 is 4.74 Å². The van der Waals surface area contributed by atoms with Gasteiger partial charge in [0.1, 0.15) is 0 Å². The van der Waals surface area contributed by atoms with E-state index in [9.17, 15) is 0 Å². The summed E-state index contributed by atoms with van der Waals surface area (Å²) in [6.07, 6.45) is 14.5. The largest absolute Gasteiger partial charge is 0.372 e. The molecule has 100 valence electrons. The summed E-state index contributed by atoms with van der Waals surface area (Å²) in [5, 5.41) is 0.367.